The molecule has 4 rings (SSSR count). The minimum Gasteiger partial charge on any atom is -0.454 e. The first-order valence-corrected chi connectivity index (χ1v) is 9.45. The Morgan fingerprint density at radius 2 is 1.97 bits per heavy atom. The first kappa shape index (κ1) is 22.4. The van der Waals surface area contributed by atoms with Gasteiger partial charge >= 0.3 is 6.61 Å². The van der Waals surface area contributed by atoms with Gasteiger partial charge in [0, 0.05) is 37.2 Å². The van der Waals surface area contributed by atoms with Gasteiger partial charge in [-0.3, -0.25) is 4.99 Å². The number of hydrogen-bond donors (Lipinski definition) is 2. The van der Waals surface area contributed by atoms with E-state index in [1.54, 1.807) is 13.1 Å². The second kappa shape index (κ2) is 9.67. The van der Waals surface area contributed by atoms with Crippen LogP contribution in [0, 0.1) is 6.92 Å². The van der Waals surface area contributed by atoms with E-state index in [-0.39, 0.29) is 49.1 Å². The van der Waals surface area contributed by atoms with E-state index in [0.717, 1.165) is 6.42 Å². The number of ether oxygens (including phenoxy) is 3. The number of benzene rings is 2. The first-order chi connectivity index (χ1) is 14.0. The molecular formula is C21H24F2IN3O3. The number of guanidine groups is 1. The smallest absolute Gasteiger partial charge is 0.387 e. The highest BCUT2D eigenvalue weighted by Crippen LogP contribution is 2.42. The van der Waals surface area contributed by atoms with Crippen molar-refractivity contribution in [1.82, 2.24) is 10.6 Å². The average molecular weight is 531 g/mol. The molecule has 0 saturated heterocycles. The summed E-state index contributed by atoms with van der Waals surface area (Å²) < 4.78 is 40.8. The Morgan fingerprint density at radius 3 is 2.67 bits per heavy atom. The summed E-state index contributed by atoms with van der Waals surface area (Å²) in [6, 6.07) is 11.7. The number of halogens is 3. The highest BCUT2D eigenvalue weighted by atomic mass is 127. The number of rotatable bonds is 6. The van der Waals surface area contributed by atoms with Gasteiger partial charge < -0.3 is 24.8 Å². The molecule has 1 aliphatic carbocycles. The highest BCUT2D eigenvalue weighted by molar-refractivity contribution is 14.0. The summed E-state index contributed by atoms with van der Waals surface area (Å²) >= 11 is 0. The first-order valence-electron chi connectivity index (χ1n) is 9.45. The number of hydrogen-bond acceptors (Lipinski definition) is 4. The van der Waals surface area contributed by atoms with Gasteiger partial charge in [0.2, 0.25) is 6.79 Å². The molecule has 0 aromatic heterocycles. The number of aryl methyl sites for hydroxylation is 1. The second-order valence-electron chi connectivity index (χ2n) is 7.07. The van der Waals surface area contributed by atoms with Crippen LogP contribution in [0.4, 0.5) is 8.78 Å². The third-order valence-corrected chi connectivity index (χ3v) is 5.14. The van der Waals surface area contributed by atoms with Crippen LogP contribution in [-0.4, -0.2) is 32.5 Å². The third kappa shape index (κ3) is 5.05. The van der Waals surface area contributed by atoms with E-state index in [9.17, 15) is 8.78 Å². The number of alkyl halides is 2. The number of nitrogens with one attached hydrogen (secondary N) is 2. The van der Waals surface area contributed by atoms with E-state index in [2.05, 4.69) is 45.5 Å². The zero-order valence-corrected chi connectivity index (χ0v) is 19.0. The Bertz CT molecular complexity index is 926. The summed E-state index contributed by atoms with van der Waals surface area (Å²) in [5.74, 6) is 2.00. The molecule has 6 nitrogen and oxygen atoms in total. The van der Waals surface area contributed by atoms with E-state index < -0.39 is 6.61 Å². The van der Waals surface area contributed by atoms with Crippen LogP contribution in [0.5, 0.6) is 17.2 Å². The molecule has 2 aliphatic rings. The van der Waals surface area contributed by atoms with Crippen molar-refractivity contribution in [2.45, 2.75) is 38.5 Å². The lowest BCUT2D eigenvalue weighted by molar-refractivity contribution is -0.0505. The molecule has 0 radical (unpaired) electrons. The van der Waals surface area contributed by atoms with Crippen LogP contribution in [-0.2, 0) is 6.54 Å². The molecule has 0 bridgehead atoms. The van der Waals surface area contributed by atoms with Crippen molar-refractivity contribution in [2.24, 2.45) is 4.99 Å². The van der Waals surface area contributed by atoms with Gasteiger partial charge in [-0.2, -0.15) is 8.78 Å². The maximum absolute atomic E-state index is 12.8. The van der Waals surface area contributed by atoms with Gasteiger partial charge in [0.15, 0.2) is 17.5 Å². The van der Waals surface area contributed by atoms with Gasteiger partial charge in [-0.15, -0.1) is 24.0 Å². The molecule has 30 heavy (non-hydrogen) atoms. The van der Waals surface area contributed by atoms with Crippen molar-refractivity contribution in [2.75, 3.05) is 13.8 Å². The number of nitrogens with zero attached hydrogens (tertiary/aromatic N) is 1. The van der Waals surface area contributed by atoms with Crippen molar-refractivity contribution in [1.29, 1.82) is 0 Å². The number of fused-ring (bicyclic) bond motifs is 1. The lowest BCUT2D eigenvalue weighted by atomic mass is 10.0. The molecule has 2 unspecified atom stereocenters. The molecular weight excluding hydrogens is 507 g/mol. The van der Waals surface area contributed by atoms with Crippen LogP contribution in [0.3, 0.4) is 0 Å². The summed E-state index contributed by atoms with van der Waals surface area (Å²) in [7, 11) is 1.68. The molecule has 0 spiro atoms. The Kier molecular flexibility index (Phi) is 7.22. The number of aliphatic imine (C=N–C) groups is 1. The Balaban J connectivity index is 0.00000256. The summed E-state index contributed by atoms with van der Waals surface area (Å²) in [4.78, 5) is 4.25. The zero-order chi connectivity index (χ0) is 20.4. The maximum atomic E-state index is 12.8. The molecule has 1 saturated carbocycles. The van der Waals surface area contributed by atoms with Gasteiger partial charge in [0.25, 0.3) is 0 Å². The summed E-state index contributed by atoms with van der Waals surface area (Å²) in [6.45, 7) is -0.499. The van der Waals surface area contributed by atoms with Gasteiger partial charge in [-0.25, -0.2) is 0 Å². The Morgan fingerprint density at radius 1 is 1.23 bits per heavy atom. The Labute approximate surface area is 191 Å². The molecule has 9 heteroatoms. The normalized spacial score (nSPS) is 19.3. The Hall–Kier alpha value is -2.30. The molecule has 1 aliphatic heterocycles. The SMILES string of the molecule is CN=C(NCc1cc2c(cc1OC(F)F)OCO2)NC1CC1c1ccccc1C.I. The fourth-order valence-electron chi connectivity index (χ4n) is 3.56. The summed E-state index contributed by atoms with van der Waals surface area (Å²) in [5, 5.41) is 6.56. The molecule has 2 N–H and O–H groups in total. The molecule has 0 amide bonds. The quantitative estimate of drug-likeness (QED) is 0.333. The van der Waals surface area contributed by atoms with E-state index in [1.165, 1.54) is 17.2 Å². The van der Waals surface area contributed by atoms with Crippen molar-refractivity contribution in [3.63, 3.8) is 0 Å². The van der Waals surface area contributed by atoms with Gasteiger partial charge in [-0.05, 0) is 30.5 Å². The van der Waals surface area contributed by atoms with Crippen LogP contribution in [0.2, 0.25) is 0 Å². The van der Waals surface area contributed by atoms with E-state index in [0.29, 0.717) is 28.9 Å². The summed E-state index contributed by atoms with van der Waals surface area (Å²) in [5.41, 5.74) is 3.14. The standard InChI is InChI=1S/C21H23F2N3O3.HI/c1-12-5-3-4-6-14(12)15-8-16(15)26-21(24-2)25-10-13-7-18-19(28-11-27-18)9-17(13)29-20(22)23;/h3-7,9,15-16,20H,8,10-11H2,1-2H3,(H2,24,25,26);1H. The predicted molar refractivity (Wildman–Crippen MR) is 120 cm³/mol. The molecule has 162 valence electrons. The molecule has 1 heterocycles. The second-order valence-corrected chi connectivity index (χ2v) is 7.07. The van der Waals surface area contributed by atoms with E-state index in [1.807, 2.05) is 6.07 Å². The highest BCUT2D eigenvalue weighted by Gasteiger charge is 2.39. The van der Waals surface area contributed by atoms with Crippen molar-refractivity contribution in [3.05, 3.63) is 53.1 Å². The van der Waals surface area contributed by atoms with Crippen LogP contribution in [0.1, 0.15) is 29.0 Å². The van der Waals surface area contributed by atoms with Crippen molar-refractivity contribution in [3.8, 4) is 17.2 Å². The van der Waals surface area contributed by atoms with Crippen LogP contribution in [0.15, 0.2) is 41.4 Å². The topological polar surface area (TPSA) is 64.1 Å². The summed E-state index contributed by atoms with van der Waals surface area (Å²) in [6.07, 6.45) is 1.02. The monoisotopic (exact) mass is 531 g/mol. The molecule has 2 atom stereocenters. The van der Waals surface area contributed by atoms with Crippen LogP contribution in [0.25, 0.3) is 0 Å². The van der Waals surface area contributed by atoms with Gasteiger partial charge in [0.05, 0.1) is 0 Å². The van der Waals surface area contributed by atoms with Gasteiger partial charge in [0.1, 0.15) is 5.75 Å². The zero-order valence-electron chi connectivity index (χ0n) is 16.7. The van der Waals surface area contributed by atoms with Crippen LogP contribution >= 0.6 is 24.0 Å². The van der Waals surface area contributed by atoms with E-state index >= 15 is 0 Å². The van der Waals surface area contributed by atoms with Gasteiger partial charge in [-0.1, -0.05) is 24.3 Å². The third-order valence-electron chi connectivity index (χ3n) is 5.14. The molecule has 2 aromatic carbocycles. The maximum Gasteiger partial charge on any atom is 0.387 e. The van der Waals surface area contributed by atoms with Crippen LogP contribution < -0.4 is 24.8 Å². The minimum atomic E-state index is -2.92. The average Bonchev–Trinajstić information content (AvgIpc) is 3.30. The molecule has 2 aromatic rings. The molecule has 1 fully saturated rings. The predicted octanol–water partition coefficient (Wildman–Crippen LogP) is 4.16. The largest absolute Gasteiger partial charge is 0.454 e. The van der Waals surface area contributed by atoms with E-state index in [4.69, 9.17) is 9.47 Å². The lowest BCUT2D eigenvalue weighted by Gasteiger charge is -2.15. The van der Waals surface area contributed by atoms with Crippen molar-refractivity contribution >= 4 is 29.9 Å². The fraction of sp³-hybridized carbons (Fsp3) is 0.381. The fourth-order valence-corrected chi connectivity index (χ4v) is 3.56. The van der Waals surface area contributed by atoms with Crippen molar-refractivity contribution < 1.29 is 23.0 Å². The lowest BCUT2D eigenvalue weighted by Crippen LogP contribution is -2.38. The minimum absolute atomic E-state index is 0.